The molecule has 3 N–H and O–H groups in total. The molecule has 0 radical (unpaired) electrons. The van der Waals surface area contributed by atoms with Gasteiger partial charge in [-0.1, -0.05) is 6.92 Å². The topological polar surface area (TPSA) is 67.1 Å². The Morgan fingerprint density at radius 2 is 2.39 bits per heavy atom. The average molecular weight is 249 g/mol. The molecule has 1 fully saturated rings. The number of rotatable bonds is 5. The Morgan fingerprint density at radius 1 is 1.56 bits per heavy atom. The molecule has 5 heteroatoms. The van der Waals surface area contributed by atoms with Crippen molar-refractivity contribution in [2.75, 3.05) is 29.9 Å². The maximum Gasteiger partial charge on any atom is 0.134 e. The lowest BCUT2D eigenvalue weighted by molar-refractivity contribution is 0.602. The summed E-state index contributed by atoms with van der Waals surface area (Å²) in [5, 5.41) is 3.38. The third-order valence-corrected chi connectivity index (χ3v) is 3.60. The zero-order chi connectivity index (χ0) is 13.0. The monoisotopic (exact) mass is 249 g/mol. The van der Waals surface area contributed by atoms with E-state index in [0.717, 1.165) is 44.1 Å². The second kappa shape index (κ2) is 6.00. The van der Waals surface area contributed by atoms with Gasteiger partial charge in [0.05, 0.1) is 0 Å². The van der Waals surface area contributed by atoms with E-state index >= 15 is 0 Å². The zero-order valence-corrected chi connectivity index (χ0v) is 11.3. The van der Waals surface area contributed by atoms with Crippen LogP contribution < -0.4 is 16.0 Å². The quantitative estimate of drug-likeness (QED) is 0.827. The van der Waals surface area contributed by atoms with E-state index in [1.165, 1.54) is 0 Å². The lowest BCUT2D eigenvalue weighted by atomic mass is 10.1. The van der Waals surface area contributed by atoms with E-state index in [4.69, 9.17) is 5.73 Å². The normalized spacial score (nSPS) is 21.1. The van der Waals surface area contributed by atoms with Crippen molar-refractivity contribution in [2.24, 2.45) is 11.7 Å². The largest absolute Gasteiger partial charge is 0.367 e. The molecule has 2 atom stereocenters. The fraction of sp³-hybridized carbons (Fsp3) is 0.692. The van der Waals surface area contributed by atoms with Gasteiger partial charge >= 0.3 is 0 Å². The lowest BCUT2D eigenvalue weighted by Crippen LogP contribution is -2.24. The van der Waals surface area contributed by atoms with E-state index in [0.29, 0.717) is 12.0 Å². The summed E-state index contributed by atoms with van der Waals surface area (Å²) < 4.78 is 0. The molecule has 0 spiro atoms. The minimum Gasteiger partial charge on any atom is -0.367 e. The standard InChI is InChI=1S/C13H23N5/c1-3-10(2)17-12-6-13(16-9-15-12)18-5-4-11(7-14)8-18/h6,9-11H,3-5,7-8,14H2,1-2H3,(H,15,16,17). The average Bonchev–Trinajstić information content (AvgIpc) is 2.87. The van der Waals surface area contributed by atoms with Crippen LogP contribution in [0.5, 0.6) is 0 Å². The van der Waals surface area contributed by atoms with Crippen LogP contribution in [0.3, 0.4) is 0 Å². The molecule has 0 amide bonds. The molecular formula is C13H23N5. The van der Waals surface area contributed by atoms with Gasteiger partial charge in [-0.2, -0.15) is 0 Å². The number of nitrogens with two attached hydrogens (primary N) is 1. The Bertz CT molecular complexity index is 381. The van der Waals surface area contributed by atoms with Crippen molar-refractivity contribution >= 4 is 11.6 Å². The van der Waals surface area contributed by atoms with E-state index in [-0.39, 0.29) is 0 Å². The molecule has 0 saturated carbocycles. The molecule has 2 rings (SSSR count). The summed E-state index contributed by atoms with van der Waals surface area (Å²) in [6, 6.07) is 2.47. The van der Waals surface area contributed by atoms with E-state index in [9.17, 15) is 0 Å². The van der Waals surface area contributed by atoms with Crippen LogP contribution in [0.4, 0.5) is 11.6 Å². The van der Waals surface area contributed by atoms with Gasteiger partial charge in [0.2, 0.25) is 0 Å². The maximum atomic E-state index is 5.72. The van der Waals surface area contributed by atoms with Gasteiger partial charge in [0.1, 0.15) is 18.0 Å². The van der Waals surface area contributed by atoms with Crippen molar-refractivity contribution in [3.05, 3.63) is 12.4 Å². The first-order valence-electron chi connectivity index (χ1n) is 6.76. The fourth-order valence-electron chi connectivity index (χ4n) is 2.19. The fourth-order valence-corrected chi connectivity index (χ4v) is 2.19. The predicted molar refractivity (Wildman–Crippen MR) is 74.8 cm³/mol. The van der Waals surface area contributed by atoms with Gasteiger partial charge in [0, 0.05) is 25.2 Å². The molecule has 18 heavy (non-hydrogen) atoms. The second-order valence-corrected chi connectivity index (χ2v) is 5.05. The van der Waals surface area contributed by atoms with E-state index in [1.807, 2.05) is 6.07 Å². The molecular weight excluding hydrogens is 226 g/mol. The molecule has 1 aliphatic heterocycles. The summed E-state index contributed by atoms with van der Waals surface area (Å²) in [6.07, 6.45) is 3.88. The van der Waals surface area contributed by atoms with Crippen LogP contribution in [0.1, 0.15) is 26.7 Å². The highest BCUT2D eigenvalue weighted by molar-refractivity contribution is 5.49. The first-order valence-corrected chi connectivity index (χ1v) is 6.76. The Morgan fingerprint density at radius 3 is 3.06 bits per heavy atom. The van der Waals surface area contributed by atoms with Gasteiger partial charge in [-0.15, -0.1) is 0 Å². The number of nitrogens with one attached hydrogen (secondary N) is 1. The van der Waals surface area contributed by atoms with Crippen molar-refractivity contribution in [1.29, 1.82) is 0 Å². The van der Waals surface area contributed by atoms with E-state index in [2.05, 4.69) is 34.0 Å². The summed E-state index contributed by atoms with van der Waals surface area (Å²) >= 11 is 0. The summed E-state index contributed by atoms with van der Waals surface area (Å²) in [4.78, 5) is 10.9. The highest BCUT2D eigenvalue weighted by Gasteiger charge is 2.22. The van der Waals surface area contributed by atoms with Crippen LogP contribution in [-0.4, -0.2) is 35.6 Å². The minimum absolute atomic E-state index is 0.433. The number of anilines is 2. The summed E-state index contributed by atoms with van der Waals surface area (Å²) in [5.74, 6) is 2.52. The van der Waals surface area contributed by atoms with Gasteiger partial charge < -0.3 is 16.0 Å². The SMILES string of the molecule is CCC(C)Nc1cc(N2CCC(CN)C2)ncn1. The van der Waals surface area contributed by atoms with Crippen molar-refractivity contribution in [3.8, 4) is 0 Å². The number of aromatic nitrogens is 2. The number of hydrogen-bond donors (Lipinski definition) is 2. The Kier molecular flexibility index (Phi) is 4.36. The third kappa shape index (κ3) is 3.10. The molecule has 5 nitrogen and oxygen atoms in total. The molecule has 1 aromatic rings. The van der Waals surface area contributed by atoms with Crippen molar-refractivity contribution in [2.45, 2.75) is 32.7 Å². The van der Waals surface area contributed by atoms with Crippen molar-refractivity contribution in [1.82, 2.24) is 9.97 Å². The van der Waals surface area contributed by atoms with Gasteiger partial charge in [-0.3, -0.25) is 0 Å². The van der Waals surface area contributed by atoms with Gasteiger partial charge in [0.25, 0.3) is 0 Å². The summed E-state index contributed by atoms with van der Waals surface area (Å²) in [6.45, 7) is 7.13. The number of nitrogens with zero attached hydrogens (tertiary/aromatic N) is 3. The summed E-state index contributed by atoms with van der Waals surface area (Å²) in [7, 11) is 0. The smallest absolute Gasteiger partial charge is 0.134 e. The highest BCUT2D eigenvalue weighted by atomic mass is 15.2. The zero-order valence-electron chi connectivity index (χ0n) is 11.3. The van der Waals surface area contributed by atoms with E-state index < -0.39 is 0 Å². The van der Waals surface area contributed by atoms with Gasteiger partial charge in [0.15, 0.2) is 0 Å². The van der Waals surface area contributed by atoms with Crippen LogP contribution in [0, 0.1) is 5.92 Å². The highest BCUT2D eigenvalue weighted by Crippen LogP contribution is 2.22. The van der Waals surface area contributed by atoms with Gasteiger partial charge in [-0.05, 0) is 32.2 Å². The lowest BCUT2D eigenvalue weighted by Gasteiger charge is -2.18. The predicted octanol–water partition coefficient (Wildman–Crippen LogP) is 1.47. The molecule has 0 aromatic carbocycles. The molecule has 100 valence electrons. The summed E-state index contributed by atoms with van der Waals surface area (Å²) in [5.41, 5.74) is 5.72. The van der Waals surface area contributed by atoms with Crippen molar-refractivity contribution in [3.63, 3.8) is 0 Å². The van der Waals surface area contributed by atoms with Crippen LogP contribution >= 0.6 is 0 Å². The van der Waals surface area contributed by atoms with Crippen LogP contribution in [0.25, 0.3) is 0 Å². The molecule has 0 aliphatic carbocycles. The second-order valence-electron chi connectivity index (χ2n) is 5.05. The van der Waals surface area contributed by atoms with Crippen LogP contribution in [-0.2, 0) is 0 Å². The van der Waals surface area contributed by atoms with Crippen LogP contribution in [0.2, 0.25) is 0 Å². The Hall–Kier alpha value is -1.36. The Balaban J connectivity index is 2.03. The van der Waals surface area contributed by atoms with Crippen LogP contribution in [0.15, 0.2) is 12.4 Å². The third-order valence-electron chi connectivity index (χ3n) is 3.60. The minimum atomic E-state index is 0.433. The van der Waals surface area contributed by atoms with Gasteiger partial charge in [-0.25, -0.2) is 9.97 Å². The molecule has 1 aromatic heterocycles. The first kappa shape index (κ1) is 13.1. The molecule has 2 unspecified atom stereocenters. The molecule has 1 aliphatic rings. The molecule has 1 saturated heterocycles. The van der Waals surface area contributed by atoms with E-state index in [1.54, 1.807) is 6.33 Å². The first-order chi connectivity index (χ1) is 8.72. The molecule has 0 bridgehead atoms. The molecule has 2 heterocycles. The maximum absolute atomic E-state index is 5.72. The Labute approximate surface area is 109 Å². The number of hydrogen-bond acceptors (Lipinski definition) is 5. The van der Waals surface area contributed by atoms with Crippen molar-refractivity contribution < 1.29 is 0 Å².